The lowest BCUT2D eigenvalue weighted by Crippen LogP contribution is -1.85. The summed E-state index contributed by atoms with van der Waals surface area (Å²) in [7, 11) is 1.77. The Bertz CT molecular complexity index is 283. The van der Waals surface area contributed by atoms with E-state index < -0.39 is 0 Å². The summed E-state index contributed by atoms with van der Waals surface area (Å²) in [6.45, 7) is 0. The molecule has 0 saturated heterocycles. The Kier molecular flexibility index (Phi) is 3.51. The van der Waals surface area contributed by atoms with Crippen LogP contribution in [0.2, 0.25) is 0 Å². The lowest BCUT2D eigenvalue weighted by atomic mass is 10.2. The monoisotopic (exact) mass is 323 g/mol. The van der Waals surface area contributed by atoms with Crippen molar-refractivity contribution in [2.75, 3.05) is 7.05 Å². The summed E-state index contributed by atoms with van der Waals surface area (Å²) in [4.78, 5) is 3.96. The van der Waals surface area contributed by atoms with Crippen LogP contribution in [0.25, 0.3) is 0 Å². The molecule has 0 saturated carbocycles. The third-order valence-electron chi connectivity index (χ3n) is 1.23. The molecule has 11 heavy (non-hydrogen) atoms. The average Bonchev–Trinajstić information content (AvgIpc) is 1.98. The second-order valence-corrected chi connectivity index (χ2v) is 4.13. The molecule has 1 aromatic rings. The zero-order valence-corrected chi connectivity index (χ0v) is 9.76. The Morgan fingerprint density at radius 1 is 1.55 bits per heavy atom. The van der Waals surface area contributed by atoms with Crippen LogP contribution in [0.15, 0.2) is 27.7 Å². The van der Waals surface area contributed by atoms with Crippen molar-refractivity contribution in [3.8, 4) is 0 Å². The van der Waals surface area contributed by atoms with Crippen LogP contribution in [0.1, 0.15) is 5.56 Å². The van der Waals surface area contributed by atoms with E-state index in [0.717, 1.165) is 10.0 Å². The maximum atomic E-state index is 3.96. The highest BCUT2D eigenvalue weighted by atomic mass is 127. The molecule has 0 aromatic heterocycles. The van der Waals surface area contributed by atoms with Gasteiger partial charge in [-0.25, -0.2) is 0 Å². The Morgan fingerprint density at radius 2 is 2.27 bits per heavy atom. The minimum absolute atomic E-state index is 1.09. The van der Waals surface area contributed by atoms with Crippen molar-refractivity contribution in [3.63, 3.8) is 0 Å². The van der Waals surface area contributed by atoms with Gasteiger partial charge in [0.1, 0.15) is 0 Å². The van der Waals surface area contributed by atoms with Crippen LogP contribution in [-0.4, -0.2) is 13.3 Å². The van der Waals surface area contributed by atoms with Gasteiger partial charge in [-0.15, -0.1) is 0 Å². The minimum atomic E-state index is 1.09. The van der Waals surface area contributed by atoms with Crippen molar-refractivity contribution in [3.05, 3.63) is 31.8 Å². The van der Waals surface area contributed by atoms with Gasteiger partial charge in [0, 0.05) is 26.9 Å². The fourth-order valence-electron chi connectivity index (χ4n) is 0.753. The van der Waals surface area contributed by atoms with Crippen LogP contribution in [0.3, 0.4) is 0 Å². The third kappa shape index (κ3) is 2.56. The van der Waals surface area contributed by atoms with Crippen LogP contribution in [0.5, 0.6) is 0 Å². The van der Waals surface area contributed by atoms with Crippen molar-refractivity contribution in [1.29, 1.82) is 0 Å². The summed E-state index contributed by atoms with van der Waals surface area (Å²) < 4.78 is 2.31. The van der Waals surface area contributed by atoms with E-state index in [-0.39, 0.29) is 0 Å². The molecule has 0 unspecified atom stereocenters. The third-order valence-corrected chi connectivity index (χ3v) is 2.70. The van der Waals surface area contributed by atoms with Gasteiger partial charge in [0.15, 0.2) is 0 Å². The number of aliphatic imine (C=N–C) groups is 1. The predicted octanol–water partition coefficient (Wildman–Crippen LogP) is 3.10. The van der Waals surface area contributed by atoms with E-state index in [1.54, 1.807) is 7.05 Å². The van der Waals surface area contributed by atoms with Crippen molar-refractivity contribution in [2.24, 2.45) is 4.99 Å². The molecule has 0 N–H and O–H groups in total. The maximum Gasteiger partial charge on any atom is 0.0292 e. The van der Waals surface area contributed by atoms with E-state index in [2.05, 4.69) is 55.6 Å². The van der Waals surface area contributed by atoms with Crippen molar-refractivity contribution in [1.82, 2.24) is 0 Å². The van der Waals surface area contributed by atoms with E-state index in [9.17, 15) is 0 Å². The van der Waals surface area contributed by atoms with E-state index in [0.29, 0.717) is 0 Å². The van der Waals surface area contributed by atoms with Gasteiger partial charge in [-0.3, -0.25) is 4.99 Å². The van der Waals surface area contributed by atoms with Gasteiger partial charge >= 0.3 is 0 Å². The number of benzene rings is 1. The standard InChI is InChI=1S/C8H7BrIN/c1-11-5-6-4-7(9)2-3-8(6)10/h2-5H,1H3/b11-5+. The molecule has 0 radical (unpaired) electrons. The largest absolute Gasteiger partial charge is 0.296 e. The molecule has 0 spiro atoms. The zero-order chi connectivity index (χ0) is 8.27. The fourth-order valence-corrected chi connectivity index (χ4v) is 1.61. The molecule has 58 valence electrons. The maximum absolute atomic E-state index is 3.96. The van der Waals surface area contributed by atoms with Crippen molar-refractivity contribution in [2.45, 2.75) is 0 Å². The summed E-state index contributed by atoms with van der Waals surface area (Å²) in [5.41, 5.74) is 1.16. The highest BCUT2D eigenvalue weighted by Crippen LogP contribution is 2.16. The first-order valence-corrected chi connectivity index (χ1v) is 4.98. The second kappa shape index (κ2) is 4.21. The molecule has 0 aliphatic rings. The topological polar surface area (TPSA) is 12.4 Å². The van der Waals surface area contributed by atoms with E-state index in [4.69, 9.17) is 0 Å². The second-order valence-electron chi connectivity index (χ2n) is 2.05. The van der Waals surface area contributed by atoms with Crippen LogP contribution in [0, 0.1) is 3.57 Å². The summed E-state index contributed by atoms with van der Waals surface area (Å²) in [5.74, 6) is 0. The number of hydrogen-bond acceptors (Lipinski definition) is 1. The van der Waals surface area contributed by atoms with Crippen LogP contribution < -0.4 is 0 Å². The van der Waals surface area contributed by atoms with Gasteiger partial charge in [-0.1, -0.05) is 15.9 Å². The van der Waals surface area contributed by atoms with Crippen LogP contribution in [-0.2, 0) is 0 Å². The molecular weight excluding hydrogens is 317 g/mol. The van der Waals surface area contributed by atoms with Gasteiger partial charge in [0.2, 0.25) is 0 Å². The number of hydrogen-bond donors (Lipinski definition) is 0. The number of halogens is 2. The zero-order valence-electron chi connectivity index (χ0n) is 6.01. The lowest BCUT2D eigenvalue weighted by Gasteiger charge is -1.97. The van der Waals surface area contributed by atoms with Gasteiger partial charge in [0.25, 0.3) is 0 Å². The molecule has 0 aliphatic heterocycles. The average molecular weight is 324 g/mol. The van der Waals surface area contributed by atoms with E-state index in [1.807, 2.05) is 12.3 Å². The molecule has 0 fully saturated rings. The molecule has 1 rings (SSSR count). The molecule has 0 bridgehead atoms. The Balaban J connectivity index is 3.12. The van der Waals surface area contributed by atoms with E-state index >= 15 is 0 Å². The van der Waals surface area contributed by atoms with E-state index in [1.165, 1.54) is 3.57 Å². The molecule has 0 amide bonds. The van der Waals surface area contributed by atoms with Gasteiger partial charge in [0.05, 0.1) is 0 Å². The first kappa shape index (κ1) is 9.19. The molecular formula is C8H7BrIN. The SMILES string of the molecule is C/N=C/c1cc(Br)ccc1I. The highest BCUT2D eigenvalue weighted by Gasteiger charge is 1.95. The first-order valence-electron chi connectivity index (χ1n) is 3.11. The summed E-state index contributed by atoms with van der Waals surface area (Å²) in [6.07, 6.45) is 1.85. The van der Waals surface area contributed by atoms with Gasteiger partial charge in [-0.05, 0) is 40.8 Å². The van der Waals surface area contributed by atoms with Gasteiger partial charge < -0.3 is 0 Å². The molecule has 1 nitrogen and oxygen atoms in total. The molecule has 1 aromatic carbocycles. The Labute approximate surface area is 88.2 Å². The molecule has 0 aliphatic carbocycles. The fraction of sp³-hybridized carbons (Fsp3) is 0.125. The lowest BCUT2D eigenvalue weighted by molar-refractivity contribution is 1.45. The summed E-state index contributed by atoms with van der Waals surface area (Å²) >= 11 is 5.69. The number of nitrogens with zero attached hydrogens (tertiary/aromatic N) is 1. The minimum Gasteiger partial charge on any atom is -0.296 e. The van der Waals surface area contributed by atoms with Crippen LogP contribution >= 0.6 is 38.5 Å². The first-order chi connectivity index (χ1) is 5.24. The molecule has 3 heteroatoms. The summed E-state index contributed by atoms with van der Waals surface area (Å²) in [5, 5.41) is 0. The normalized spacial score (nSPS) is 10.8. The van der Waals surface area contributed by atoms with Crippen molar-refractivity contribution >= 4 is 44.7 Å². The molecule has 0 heterocycles. The quantitative estimate of drug-likeness (QED) is 0.556. The van der Waals surface area contributed by atoms with Crippen LogP contribution in [0.4, 0.5) is 0 Å². The molecule has 0 atom stereocenters. The number of rotatable bonds is 1. The summed E-state index contributed by atoms with van der Waals surface area (Å²) in [6, 6.07) is 6.13. The highest BCUT2D eigenvalue weighted by molar-refractivity contribution is 14.1. The van der Waals surface area contributed by atoms with Crippen molar-refractivity contribution < 1.29 is 0 Å². The Morgan fingerprint density at radius 3 is 2.91 bits per heavy atom. The Hall–Kier alpha value is 0.1000. The van der Waals surface area contributed by atoms with Gasteiger partial charge in [-0.2, -0.15) is 0 Å². The smallest absolute Gasteiger partial charge is 0.0292 e. The predicted molar refractivity (Wildman–Crippen MR) is 60.4 cm³/mol.